The number of para-hydroxylation sites is 1. The molecule has 1 aromatic carbocycles. The van der Waals surface area contributed by atoms with Gasteiger partial charge in [0.1, 0.15) is 11.6 Å². The van der Waals surface area contributed by atoms with Crippen LogP contribution in [0.3, 0.4) is 0 Å². The molecule has 39 heavy (non-hydrogen) atoms. The Kier molecular flexibility index (Phi) is 8.51. The average molecular weight is 555 g/mol. The van der Waals surface area contributed by atoms with Crippen molar-refractivity contribution in [3.8, 4) is 0 Å². The molecule has 3 aromatic rings. The van der Waals surface area contributed by atoms with Crippen molar-refractivity contribution < 1.29 is 27.2 Å². The molecular weight excluding hydrogens is 520 g/mol. The van der Waals surface area contributed by atoms with Crippen molar-refractivity contribution in [1.29, 1.82) is 0 Å². The number of furan rings is 1. The van der Waals surface area contributed by atoms with E-state index >= 15 is 0 Å². The van der Waals surface area contributed by atoms with Crippen LogP contribution in [0.5, 0.6) is 0 Å². The van der Waals surface area contributed by atoms with Gasteiger partial charge in [-0.2, -0.15) is 4.31 Å². The minimum absolute atomic E-state index is 0.0700. The Morgan fingerprint density at radius 3 is 2.54 bits per heavy atom. The van der Waals surface area contributed by atoms with Gasteiger partial charge < -0.3 is 15.1 Å². The summed E-state index contributed by atoms with van der Waals surface area (Å²) in [4.78, 5) is 43.6. The second kappa shape index (κ2) is 11.7. The zero-order chi connectivity index (χ0) is 28.3. The number of hydrogen-bond donors (Lipinski definition) is 2. The highest BCUT2D eigenvalue weighted by atomic mass is 32.2. The zero-order valence-electron chi connectivity index (χ0n) is 22.5. The molecule has 4 rings (SSSR count). The number of aryl methyl sites for hydroxylation is 1. The normalized spacial score (nSPS) is 19.6. The van der Waals surface area contributed by atoms with Crippen LogP contribution in [0, 0.1) is 18.8 Å². The van der Waals surface area contributed by atoms with Gasteiger partial charge in [-0.25, -0.2) is 13.4 Å². The van der Waals surface area contributed by atoms with Gasteiger partial charge in [0.2, 0.25) is 5.91 Å². The Bertz CT molecular complexity index is 1470. The van der Waals surface area contributed by atoms with E-state index in [2.05, 4.69) is 15.6 Å². The zero-order valence-corrected chi connectivity index (χ0v) is 23.3. The number of fused-ring (bicyclic) bond motifs is 1. The number of carbonyl (C=O) groups excluding carboxylic acids is 3. The largest absolute Gasteiger partial charge is 0.451 e. The van der Waals surface area contributed by atoms with E-state index in [4.69, 9.17) is 4.42 Å². The number of nitrogens with one attached hydrogen (secondary N) is 2. The lowest BCUT2D eigenvalue weighted by Crippen LogP contribution is -2.52. The summed E-state index contributed by atoms with van der Waals surface area (Å²) in [5.74, 6) is -1.45. The van der Waals surface area contributed by atoms with Crippen molar-refractivity contribution in [2.45, 2.75) is 57.6 Å². The first-order chi connectivity index (χ1) is 18.5. The number of benzene rings is 1. The van der Waals surface area contributed by atoms with Crippen molar-refractivity contribution in [3.05, 3.63) is 60.0 Å². The monoisotopic (exact) mass is 554 g/mol. The summed E-state index contributed by atoms with van der Waals surface area (Å²) in [6.45, 7) is 7.21. The third-order valence-corrected chi connectivity index (χ3v) is 8.54. The maximum Gasteiger partial charge on any atom is 0.287 e. The molecule has 0 saturated carbocycles. The van der Waals surface area contributed by atoms with E-state index in [0.717, 1.165) is 9.69 Å². The van der Waals surface area contributed by atoms with Crippen molar-refractivity contribution >= 4 is 38.6 Å². The Morgan fingerprint density at radius 2 is 1.87 bits per heavy atom. The van der Waals surface area contributed by atoms with Gasteiger partial charge in [-0.15, -0.1) is 0 Å². The summed E-state index contributed by atoms with van der Waals surface area (Å²) in [6, 6.07) is 10.1. The van der Waals surface area contributed by atoms with Gasteiger partial charge in [0.25, 0.3) is 15.9 Å². The second-order valence-electron chi connectivity index (χ2n) is 10.5. The van der Waals surface area contributed by atoms with E-state index < -0.39 is 39.7 Å². The lowest BCUT2D eigenvalue weighted by molar-refractivity contribution is -0.129. The Balaban J connectivity index is 1.49. The summed E-state index contributed by atoms with van der Waals surface area (Å²) in [5.41, 5.74) is 1.25. The van der Waals surface area contributed by atoms with E-state index in [-0.39, 0.29) is 42.1 Å². The molecule has 0 radical (unpaired) electrons. The number of ketones is 1. The van der Waals surface area contributed by atoms with Crippen LogP contribution in [-0.4, -0.2) is 60.5 Å². The highest BCUT2D eigenvalue weighted by molar-refractivity contribution is 7.89. The van der Waals surface area contributed by atoms with Crippen LogP contribution in [-0.2, 0) is 19.6 Å². The lowest BCUT2D eigenvalue weighted by Gasteiger charge is -2.23. The molecule has 208 valence electrons. The van der Waals surface area contributed by atoms with Crippen molar-refractivity contribution in [2.75, 3.05) is 13.1 Å². The summed E-state index contributed by atoms with van der Waals surface area (Å²) in [6.07, 6.45) is 1.99. The predicted molar refractivity (Wildman–Crippen MR) is 145 cm³/mol. The first kappa shape index (κ1) is 28.4. The summed E-state index contributed by atoms with van der Waals surface area (Å²) in [5, 5.41) is 6.25. The molecule has 2 amide bonds. The molecule has 0 bridgehead atoms. The molecule has 1 fully saturated rings. The molecule has 1 aliphatic heterocycles. The van der Waals surface area contributed by atoms with E-state index in [9.17, 15) is 22.8 Å². The number of rotatable bonds is 8. The third-order valence-electron chi connectivity index (χ3n) is 6.81. The summed E-state index contributed by atoms with van der Waals surface area (Å²) < 4.78 is 33.1. The van der Waals surface area contributed by atoms with E-state index in [1.165, 1.54) is 12.3 Å². The SMILES string of the molecule is Cc1c(C(=O)NC(CC(C)C)C(=O)N[C@H]2C[C@H](C)CN(S(=O)(=O)c3ccccn3)CC2=O)oc2ccccc12. The fourth-order valence-corrected chi connectivity index (χ4v) is 6.31. The van der Waals surface area contributed by atoms with Crippen LogP contribution >= 0.6 is 0 Å². The molecule has 1 unspecified atom stereocenters. The highest BCUT2D eigenvalue weighted by Crippen LogP contribution is 2.25. The third kappa shape index (κ3) is 6.36. The minimum Gasteiger partial charge on any atom is -0.451 e. The number of pyridine rings is 1. The molecule has 3 atom stereocenters. The number of Topliss-reactive ketones (excluding diaryl/α,β-unsaturated/α-hetero) is 1. The lowest BCUT2D eigenvalue weighted by atomic mass is 9.98. The molecule has 1 saturated heterocycles. The van der Waals surface area contributed by atoms with E-state index in [1.807, 2.05) is 39.0 Å². The van der Waals surface area contributed by atoms with E-state index in [0.29, 0.717) is 17.6 Å². The maximum absolute atomic E-state index is 13.4. The number of amides is 2. The Morgan fingerprint density at radius 1 is 1.15 bits per heavy atom. The van der Waals surface area contributed by atoms with Gasteiger partial charge >= 0.3 is 0 Å². The number of sulfonamides is 1. The van der Waals surface area contributed by atoms with Gasteiger partial charge in [0.15, 0.2) is 16.6 Å². The van der Waals surface area contributed by atoms with Crippen LogP contribution in [0.1, 0.15) is 49.7 Å². The molecule has 10 nitrogen and oxygen atoms in total. The maximum atomic E-state index is 13.4. The Hall–Kier alpha value is -3.57. The minimum atomic E-state index is -3.98. The molecule has 0 spiro atoms. The molecule has 11 heteroatoms. The van der Waals surface area contributed by atoms with Gasteiger partial charge in [-0.05, 0) is 49.8 Å². The number of nitrogens with zero attached hydrogens (tertiary/aromatic N) is 2. The van der Waals surface area contributed by atoms with Crippen LogP contribution in [0.25, 0.3) is 11.0 Å². The quantitative estimate of drug-likeness (QED) is 0.436. The smallest absolute Gasteiger partial charge is 0.287 e. The molecule has 2 aromatic heterocycles. The number of hydrogen-bond acceptors (Lipinski definition) is 7. The van der Waals surface area contributed by atoms with Gasteiger partial charge in [-0.1, -0.05) is 45.0 Å². The van der Waals surface area contributed by atoms with Gasteiger partial charge in [0.05, 0.1) is 12.6 Å². The predicted octanol–water partition coefficient (Wildman–Crippen LogP) is 3.07. The molecule has 0 aliphatic carbocycles. The topological polar surface area (TPSA) is 139 Å². The first-order valence-electron chi connectivity index (χ1n) is 13.0. The van der Waals surface area contributed by atoms with E-state index in [1.54, 1.807) is 25.1 Å². The fourth-order valence-electron chi connectivity index (χ4n) is 4.85. The fraction of sp³-hybridized carbons (Fsp3) is 0.429. The number of aromatic nitrogens is 1. The summed E-state index contributed by atoms with van der Waals surface area (Å²) >= 11 is 0. The van der Waals surface area contributed by atoms with Crippen LogP contribution in [0.15, 0.2) is 58.1 Å². The van der Waals surface area contributed by atoms with Gasteiger partial charge in [-0.3, -0.25) is 14.4 Å². The first-order valence-corrected chi connectivity index (χ1v) is 14.4. The second-order valence-corrected chi connectivity index (χ2v) is 12.4. The average Bonchev–Trinajstić information content (AvgIpc) is 3.16. The molecule has 1 aliphatic rings. The van der Waals surface area contributed by atoms with Crippen molar-refractivity contribution in [1.82, 2.24) is 19.9 Å². The van der Waals surface area contributed by atoms with Crippen molar-refractivity contribution in [2.24, 2.45) is 11.8 Å². The molecule has 3 heterocycles. The van der Waals surface area contributed by atoms with Crippen LogP contribution in [0.2, 0.25) is 0 Å². The highest BCUT2D eigenvalue weighted by Gasteiger charge is 2.37. The van der Waals surface area contributed by atoms with Crippen molar-refractivity contribution in [3.63, 3.8) is 0 Å². The molecule has 2 N–H and O–H groups in total. The van der Waals surface area contributed by atoms with Gasteiger partial charge in [0, 0.05) is 23.7 Å². The molecular formula is C28H34N4O6S. The van der Waals surface area contributed by atoms with Crippen LogP contribution < -0.4 is 10.6 Å². The van der Waals surface area contributed by atoms with Crippen LogP contribution in [0.4, 0.5) is 0 Å². The summed E-state index contributed by atoms with van der Waals surface area (Å²) in [7, 11) is -3.98. The standard InChI is InChI=1S/C28H34N4O6S/c1-17(2)13-22(31-28(35)26-19(4)20-9-5-6-10-24(20)38-26)27(34)30-21-14-18(3)15-32(16-23(21)33)39(36,37)25-11-7-8-12-29-25/h5-12,17-18,21-22H,13-16H2,1-4H3,(H,30,34)(H,31,35)/t18-,21-,22?/m0/s1. The Labute approximate surface area is 228 Å². The number of carbonyl (C=O) groups is 3.